The van der Waals surface area contributed by atoms with Gasteiger partial charge < -0.3 is 10.1 Å². The SMILES string of the molecule is C=CCOc1c(Br)cccc1CNC(C)C. The van der Waals surface area contributed by atoms with E-state index >= 15 is 0 Å². The van der Waals surface area contributed by atoms with Crippen LogP contribution in [0.15, 0.2) is 35.3 Å². The molecule has 0 saturated heterocycles. The van der Waals surface area contributed by atoms with Crippen LogP contribution >= 0.6 is 15.9 Å². The van der Waals surface area contributed by atoms with Crippen molar-refractivity contribution < 1.29 is 4.74 Å². The molecule has 0 aliphatic heterocycles. The van der Waals surface area contributed by atoms with Gasteiger partial charge >= 0.3 is 0 Å². The highest BCUT2D eigenvalue weighted by atomic mass is 79.9. The molecule has 0 heterocycles. The van der Waals surface area contributed by atoms with Gasteiger partial charge in [-0.2, -0.15) is 0 Å². The summed E-state index contributed by atoms with van der Waals surface area (Å²) in [6.45, 7) is 9.24. The van der Waals surface area contributed by atoms with E-state index in [1.54, 1.807) is 6.08 Å². The molecule has 16 heavy (non-hydrogen) atoms. The van der Waals surface area contributed by atoms with E-state index in [4.69, 9.17) is 4.74 Å². The van der Waals surface area contributed by atoms with Gasteiger partial charge in [0.25, 0.3) is 0 Å². The molecule has 0 saturated carbocycles. The number of benzene rings is 1. The Morgan fingerprint density at radius 2 is 2.25 bits per heavy atom. The Morgan fingerprint density at radius 3 is 2.88 bits per heavy atom. The molecule has 2 nitrogen and oxygen atoms in total. The summed E-state index contributed by atoms with van der Waals surface area (Å²) in [6.07, 6.45) is 1.75. The van der Waals surface area contributed by atoms with E-state index in [0.29, 0.717) is 12.6 Å². The first-order valence-electron chi connectivity index (χ1n) is 5.39. The largest absolute Gasteiger partial charge is 0.488 e. The minimum atomic E-state index is 0.464. The van der Waals surface area contributed by atoms with Crippen molar-refractivity contribution in [1.82, 2.24) is 5.32 Å². The van der Waals surface area contributed by atoms with Crippen molar-refractivity contribution in [2.24, 2.45) is 0 Å². The molecule has 0 aliphatic rings. The predicted octanol–water partition coefficient (Wildman–Crippen LogP) is 3.51. The highest BCUT2D eigenvalue weighted by Gasteiger charge is 2.07. The number of nitrogens with one attached hydrogen (secondary N) is 1. The molecule has 0 bridgehead atoms. The fourth-order valence-corrected chi connectivity index (χ4v) is 1.83. The minimum absolute atomic E-state index is 0.464. The first-order chi connectivity index (χ1) is 7.65. The molecule has 0 fully saturated rings. The van der Waals surface area contributed by atoms with Crippen LogP contribution in [0.4, 0.5) is 0 Å². The molecule has 1 aromatic carbocycles. The third kappa shape index (κ3) is 3.99. The van der Waals surface area contributed by atoms with E-state index in [2.05, 4.69) is 47.7 Å². The smallest absolute Gasteiger partial charge is 0.138 e. The standard InChI is InChI=1S/C13H18BrNO/c1-4-8-16-13-11(9-15-10(2)3)6-5-7-12(13)14/h4-7,10,15H,1,8-9H2,2-3H3. The number of hydrogen-bond acceptors (Lipinski definition) is 2. The van der Waals surface area contributed by atoms with Gasteiger partial charge in [0, 0.05) is 18.2 Å². The van der Waals surface area contributed by atoms with E-state index < -0.39 is 0 Å². The zero-order valence-corrected chi connectivity index (χ0v) is 11.4. The Balaban J connectivity index is 2.80. The van der Waals surface area contributed by atoms with Crippen molar-refractivity contribution >= 4 is 15.9 Å². The molecule has 1 N–H and O–H groups in total. The zero-order valence-electron chi connectivity index (χ0n) is 9.79. The molecule has 88 valence electrons. The fourth-order valence-electron chi connectivity index (χ4n) is 1.31. The molecule has 1 aromatic rings. The van der Waals surface area contributed by atoms with E-state index in [9.17, 15) is 0 Å². The summed E-state index contributed by atoms with van der Waals surface area (Å²) in [5.74, 6) is 0.899. The number of halogens is 1. The van der Waals surface area contributed by atoms with Gasteiger partial charge in [-0.05, 0) is 22.0 Å². The van der Waals surface area contributed by atoms with Crippen LogP contribution in [-0.4, -0.2) is 12.6 Å². The molecule has 0 spiro atoms. The second kappa shape index (κ2) is 6.71. The van der Waals surface area contributed by atoms with Crippen LogP contribution in [-0.2, 0) is 6.54 Å². The zero-order chi connectivity index (χ0) is 12.0. The number of rotatable bonds is 6. The molecule has 0 atom stereocenters. The summed E-state index contributed by atoms with van der Waals surface area (Å²) in [7, 11) is 0. The van der Waals surface area contributed by atoms with Gasteiger partial charge in [0.1, 0.15) is 12.4 Å². The maximum absolute atomic E-state index is 5.64. The van der Waals surface area contributed by atoms with Crippen molar-refractivity contribution in [2.45, 2.75) is 26.4 Å². The second-order valence-electron chi connectivity index (χ2n) is 3.86. The van der Waals surface area contributed by atoms with Crippen molar-refractivity contribution in [3.63, 3.8) is 0 Å². The molecule has 0 radical (unpaired) electrons. The van der Waals surface area contributed by atoms with Gasteiger partial charge in [-0.25, -0.2) is 0 Å². The summed E-state index contributed by atoms with van der Waals surface area (Å²) in [6, 6.07) is 6.53. The number of ether oxygens (including phenoxy) is 1. The fraction of sp³-hybridized carbons (Fsp3) is 0.385. The summed E-state index contributed by atoms with van der Waals surface area (Å²) in [5.41, 5.74) is 1.16. The van der Waals surface area contributed by atoms with Gasteiger partial charge in [0.15, 0.2) is 0 Å². The van der Waals surface area contributed by atoms with Gasteiger partial charge in [0.2, 0.25) is 0 Å². The van der Waals surface area contributed by atoms with Crippen LogP contribution in [0, 0.1) is 0 Å². The molecule has 3 heteroatoms. The third-order valence-corrected chi connectivity index (χ3v) is 2.72. The molecule has 0 unspecified atom stereocenters. The van der Waals surface area contributed by atoms with E-state index in [1.807, 2.05) is 12.1 Å². The van der Waals surface area contributed by atoms with Gasteiger partial charge in [-0.15, -0.1) is 0 Å². The van der Waals surface area contributed by atoms with Crippen LogP contribution in [0.2, 0.25) is 0 Å². The van der Waals surface area contributed by atoms with E-state index in [0.717, 1.165) is 22.3 Å². The normalized spacial score (nSPS) is 10.5. The lowest BCUT2D eigenvalue weighted by molar-refractivity contribution is 0.355. The van der Waals surface area contributed by atoms with Crippen molar-refractivity contribution in [1.29, 1.82) is 0 Å². The van der Waals surface area contributed by atoms with Gasteiger partial charge in [-0.3, -0.25) is 0 Å². The topological polar surface area (TPSA) is 21.3 Å². The average molecular weight is 284 g/mol. The van der Waals surface area contributed by atoms with Gasteiger partial charge in [-0.1, -0.05) is 38.6 Å². The van der Waals surface area contributed by atoms with E-state index in [1.165, 1.54) is 0 Å². The lowest BCUT2D eigenvalue weighted by Gasteiger charge is -2.14. The average Bonchev–Trinajstić information content (AvgIpc) is 2.25. The molecular formula is C13H18BrNO. The monoisotopic (exact) mass is 283 g/mol. The van der Waals surface area contributed by atoms with Crippen LogP contribution in [0.3, 0.4) is 0 Å². The molecule has 1 rings (SSSR count). The quantitative estimate of drug-likeness (QED) is 0.807. The Labute approximate surface area is 106 Å². The lowest BCUT2D eigenvalue weighted by atomic mass is 10.2. The Bertz CT molecular complexity index is 350. The van der Waals surface area contributed by atoms with Crippen LogP contribution < -0.4 is 10.1 Å². The molecular weight excluding hydrogens is 266 g/mol. The first-order valence-corrected chi connectivity index (χ1v) is 6.19. The Morgan fingerprint density at radius 1 is 1.50 bits per heavy atom. The number of hydrogen-bond donors (Lipinski definition) is 1. The predicted molar refractivity (Wildman–Crippen MR) is 71.8 cm³/mol. The first kappa shape index (κ1) is 13.3. The maximum atomic E-state index is 5.64. The molecule has 0 aliphatic carbocycles. The van der Waals surface area contributed by atoms with Gasteiger partial charge in [0.05, 0.1) is 4.47 Å². The van der Waals surface area contributed by atoms with Crippen molar-refractivity contribution in [3.05, 3.63) is 40.9 Å². The van der Waals surface area contributed by atoms with E-state index in [-0.39, 0.29) is 0 Å². The summed E-state index contributed by atoms with van der Waals surface area (Å²) >= 11 is 3.50. The minimum Gasteiger partial charge on any atom is -0.488 e. The second-order valence-corrected chi connectivity index (χ2v) is 4.72. The summed E-state index contributed by atoms with van der Waals surface area (Å²) in [4.78, 5) is 0. The highest BCUT2D eigenvalue weighted by Crippen LogP contribution is 2.29. The van der Waals surface area contributed by atoms with Crippen molar-refractivity contribution in [3.8, 4) is 5.75 Å². The third-order valence-electron chi connectivity index (χ3n) is 2.09. The van der Waals surface area contributed by atoms with Crippen LogP contribution in [0.25, 0.3) is 0 Å². The molecule has 0 amide bonds. The molecule has 0 aromatic heterocycles. The van der Waals surface area contributed by atoms with Crippen LogP contribution in [0.5, 0.6) is 5.75 Å². The van der Waals surface area contributed by atoms with Crippen LogP contribution in [0.1, 0.15) is 19.4 Å². The lowest BCUT2D eigenvalue weighted by Crippen LogP contribution is -2.22. The van der Waals surface area contributed by atoms with Crippen molar-refractivity contribution in [2.75, 3.05) is 6.61 Å². The highest BCUT2D eigenvalue weighted by molar-refractivity contribution is 9.10. The summed E-state index contributed by atoms with van der Waals surface area (Å²) in [5, 5.41) is 3.38. The maximum Gasteiger partial charge on any atom is 0.138 e. The Kier molecular flexibility index (Phi) is 5.56. The summed E-state index contributed by atoms with van der Waals surface area (Å²) < 4.78 is 6.63. The Hall–Kier alpha value is -0.800. The number of para-hydroxylation sites is 1.